The fourth-order valence-electron chi connectivity index (χ4n) is 1.41. The van der Waals surface area contributed by atoms with Crippen molar-refractivity contribution >= 4 is 22.9 Å². The van der Waals surface area contributed by atoms with Crippen LogP contribution in [-0.4, -0.2) is 4.98 Å². The predicted octanol–water partition coefficient (Wildman–Crippen LogP) is 3.14. The summed E-state index contributed by atoms with van der Waals surface area (Å²) in [6.45, 7) is 2.88. The van der Waals surface area contributed by atoms with E-state index in [9.17, 15) is 0 Å². The number of nitrogens with two attached hydrogens (primary N) is 1. The van der Waals surface area contributed by atoms with E-state index in [0.717, 1.165) is 16.3 Å². The van der Waals surface area contributed by atoms with Gasteiger partial charge in [0.1, 0.15) is 12.4 Å². The van der Waals surface area contributed by atoms with Crippen molar-refractivity contribution in [3.63, 3.8) is 0 Å². The number of hydrogen-bond acceptors (Lipinski definition) is 4. The van der Waals surface area contributed by atoms with Gasteiger partial charge >= 0.3 is 0 Å². The van der Waals surface area contributed by atoms with Gasteiger partial charge in [0.05, 0.1) is 15.7 Å². The first-order chi connectivity index (χ1) is 8.19. The summed E-state index contributed by atoms with van der Waals surface area (Å²) >= 11 is 7.69. The van der Waals surface area contributed by atoms with E-state index in [1.807, 2.05) is 30.5 Å². The molecular formula is C12H13ClN2OS. The smallest absolute Gasteiger partial charge is 0.138 e. The van der Waals surface area contributed by atoms with Gasteiger partial charge in [0, 0.05) is 11.9 Å². The lowest BCUT2D eigenvalue weighted by Crippen LogP contribution is -1.99. The molecule has 2 rings (SSSR count). The van der Waals surface area contributed by atoms with E-state index in [4.69, 9.17) is 22.1 Å². The van der Waals surface area contributed by atoms with Crippen LogP contribution in [0.3, 0.4) is 0 Å². The van der Waals surface area contributed by atoms with Crippen molar-refractivity contribution in [1.29, 1.82) is 0 Å². The first-order valence-corrected chi connectivity index (χ1v) is 6.47. The lowest BCUT2D eigenvalue weighted by atomic mass is 10.2. The van der Waals surface area contributed by atoms with Crippen LogP contribution >= 0.6 is 22.9 Å². The molecule has 1 aromatic heterocycles. The molecule has 0 fully saturated rings. The molecule has 2 N–H and O–H groups in total. The molecule has 2 aromatic rings. The maximum atomic E-state index is 6.08. The molecule has 90 valence electrons. The zero-order chi connectivity index (χ0) is 12.3. The summed E-state index contributed by atoms with van der Waals surface area (Å²) in [5.74, 6) is 0.662. The highest BCUT2D eigenvalue weighted by Gasteiger charge is 2.04. The van der Waals surface area contributed by atoms with E-state index >= 15 is 0 Å². The molecular weight excluding hydrogens is 256 g/mol. The minimum atomic E-state index is 0.437. The summed E-state index contributed by atoms with van der Waals surface area (Å²) in [6, 6.07) is 5.57. The monoisotopic (exact) mass is 268 g/mol. The van der Waals surface area contributed by atoms with Gasteiger partial charge < -0.3 is 10.5 Å². The van der Waals surface area contributed by atoms with Gasteiger partial charge in [-0.3, -0.25) is 0 Å². The minimum absolute atomic E-state index is 0.437. The van der Waals surface area contributed by atoms with Gasteiger partial charge in [-0.2, -0.15) is 0 Å². The maximum absolute atomic E-state index is 6.08. The van der Waals surface area contributed by atoms with E-state index in [2.05, 4.69) is 4.98 Å². The second-order valence-corrected chi connectivity index (χ2v) is 5.08. The molecule has 1 heterocycles. The average molecular weight is 269 g/mol. The van der Waals surface area contributed by atoms with Crippen molar-refractivity contribution < 1.29 is 4.74 Å². The molecule has 0 saturated carbocycles. The Morgan fingerprint density at radius 1 is 1.47 bits per heavy atom. The Hall–Kier alpha value is -1.10. The van der Waals surface area contributed by atoms with Crippen LogP contribution in [0.5, 0.6) is 5.75 Å². The number of ether oxygens (including phenoxy) is 1. The van der Waals surface area contributed by atoms with Gasteiger partial charge in [0.2, 0.25) is 0 Å². The molecule has 5 heteroatoms. The molecule has 3 nitrogen and oxygen atoms in total. The number of aromatic nitrogens is 1. The molecule has 1 aromatic carbocycles. The highest BCUT2D eigenvalue weighted by Crippen LogP contribution is 2.26. The van der Waals surface area contributed by atoms with E-state index in [1.165, 1.54) is 0 Å². The minimum Gasteiger partial charge on any atom is -0.486 e. The summed E-state index contributed by atoms with van der Waals surface area (Å²) in [6.07, 6.45) is 0. The third-order valence-corrected chi connectivity index (χ3v) is 3.39. The molecule has 0 bridgehead atoms. The SMILES string of the molecule is Cc1nc(COc2ccc(CN)cc2Cl)cs1. The van der Waals surface area contributed by atoms with Gasteiger partial charge in [-0.05, 0) is 24.6 Å². The van der Waals surface area contributed by atoms with Gasteiger partial charge in [0.15, 0.2) is 0 Å². The fourth-order valence-corrected chi connectivity index (χ4v) is 2.27. The topological polar surface area (TPSA) is 48.1 Å². The number of rotatable bonds is 4. The number of hydrogen-bond donors (Lipinski definition) is 1. The number of halogens is 1. The van der Waals surface area contributed by atoms with E-state index in [1.54, 1.807) is 11.3 Å². The van der Waals surface area contributed by atoms with Crippen LogP contribution in [0.2, 0.25) is 5.02 Å². The number of nitrogens with zero attached hydrogens (tertiary/aromatic N) is 1. The molecule has 0 aliphatic heterocycles. The first kappa shape index (κ1) is 12.4. The van der Waals surface area contributed by atoms with Gasteiger partial charge in [-0.25, -0.2) is 4.98 Å². The zero-order valence-corrected chi connectivity index (χ0v) is 11.0. The number of aryl methyl sites for hydroxylation is 1. The Labute approximate surface area is 109 Å². The van der Waals surface area contributed by atoms with Crippen LogP contribution in [0.4, 0.5) is 0 Å². The van der Waals surface area contributed by atoms with E-state index in [0.29, 0.717) is 23.9 Å². The van der Waals surface area contributed by atoms with E-state index < -0.39 is 0 Å². The highest BCUT2D eigenvalue weighted by atomic mass is 35.5. The third kappa shape index (κ3) is 3.19. The van der Waals surface area contributed by atoms with Crippen LogP contribution in [0.25, 0.3) is 0 Å². The lowest BCUT2D eigenvalue weighted by molar-refractivity contribution is 0.302. The molecule has 0 aliphatic carbocycles. The number of benzene rings is 1. The molecule has 17 heavy (non-hydrogen) atoms. The Bertz CT molecular complexity index is 513. The largest absolute Gasteiger partial charge is 0.486 e. The van der Waals surface area contributed by atoms with Gasteiger partial charge in [0.25, 0.3) is 0 Å². The highest BCUT2D eigenvalue weighted by molar-refractivity contribution is 7.09. The Morgan fingerprint density at radius 3 is 2.88 bits per heavy atom. The summed E-state index contributed by atoms with van der Waals surface area (Å²) < 4.78 is 5.61. The first-order valence-electron chi connectivity index (χ1n) is 5.21. The second-order valence-electron chi connectivity index (χ2n) is 3.62. The van der Waals surface area contributed by atoms with Crippen LogP contribution < -0.4 is 10.5 Å². The van der Waals surface area contributed by atoms with Crippen LogP contribution in [0, 0.1) is 6.92 Å². The van der Waals surface area contributed by atoms with Crippen molar-refractivity contribution in [1.82, 2.24) is 4.98 Å². The molecule has 0 unspecified atom stereocenters. The van der Waals surface area contributed by atoms with Crippen molar-refractivity contribution in [2.45, 2.75) is 20.1 Å². The Kier molecular flexibility index (Phi) is 3.99. The van der Waals surface area contributed by atoms with Crippen molar-refractivity contribution in [2.75, 3.05) is 0 Å². The number of thiazole rings is 1. The van der Waals surface area contributed by atoms with Crippen molar-refractivity contribution in [3.8, 4) is 5.75 Å². The molecule has 0 aliphatic rings. The van der Waals surface area contributed by atoms with Crippen LogP contribution in [0.15, 0.2) is 23.6 Å². The zero-order valence-electron chi connectivity index (χ0n) is 9.44. The third-order valence-electron chi connectivity index (χ3n) is 2.27. The molecule has 0 spiro atoms. The van der Waals surface area contributed by atoms with Gasteiger partial charge in [-0.1, -0.05) is 17.7 Å². The summed E-state index contributed by atoms with van der Waals surface area (Å²) in [4.78, 5) is 4.32. The molecule has 0 atom stereocenters. The maximum Gasteiger partial charge on any atom is 0.138 e. The molecule has 0 radical (unpaired) electrons. The Morgan fingerprint density at radius 2 is 2.29 bits per heavy atom. The lowest BCUT2D eigenvalue weighted by Gasteiger charge is -2.07. The quantitative estimate of drug-likeness (QED) is 0.927. The van der Waals surface area contributed by atoms with Crippen LogP contribution in [0.1, 0.15) is 16.3 Å². The fraction of sp³-hybridized carbons (Fsp3) is 0.250. The van der Waals surface area contributed by atoms with E-state index in [-0.39, 0.29) is 0 Å². The Balaban J connectivity index is 2.04. The molecule has 0 amide bonds. The van der Waals surface area contributed by atoms with Crippen LogP contribution in [-0.2, 0) is 13.2 Å². The standard InChI is InChI=1S/C12H13ClN2OS/c1-8-15-10(7-17-8)6-16-12-3-2-9(5-14)4-11(12)13/h2-4,7H,5-6,14H2,1H3. The average Bonchev–Trinajstić information content (AvgIpc) is 2.73. The predicted molar refractivity (Wildman–Crippen MR) is 70.5 cm³/mol. The summed E-state index contributed by atoms with van der Waals surface area (Å²) in [7, 11) is 0. The normalized spacial score (nSPS) is 10.5. The molecule has 0 saturated heterocycles. The summed E-state index contributed by atoms with van der Waals surface area (Å²) in [5, 5.41) is 3.60. The van der Waals surface area contributed by atoms with Gasteiger partial charge in [-0.15, -0.1) is 11.3 Å². The van der Waals surface area contributed by atoms with Crippen molar-refractivity contribution in [3.05, 3.63) is 44.9 Å². The second kappa shape index (κ2) is 5.49. The van der Waals surface area contributed by atoms with Crippen molar-refractivity contribution in [2.24, 2.45) is 5.73 Å². The summed E-state index contributed by atoms with van der Waals surface area (Å²) in [5.41, 5.74) is 7.44.